The summed E-state index contributed by atoms with van der Waals surface area (Å²) in [4.78, 5) is 14.4. The summed E-state index contributed by atoms with van der Waals surface area (Å²) >= 11 is 1.61. The van der Waals surface area contributed by atoms with Crippen LogP contribution in [0.5, 0.6) is 0 Å². The van der Waals surface area contributed by atoms with Crippen molar-refractivity contribution in [3.8, 4) is 6.07 Å². The number of nitrogens with zero attached hydrogens (tertiary/aromatic N) is 2. The van der Waals surface area contributed by atoms with E-state index in [4.69, 9.17) is 0 Å². The molecule has 1 amide bonds. The summed E-state index contributed by atoms with van der Waals surface area (Å²) in [6.07, 6.45) is 3.48. The Morgan fingerprint density at radius 1 is 1.35 bits per heavy atom. The lowest BCUT2D eigenvalue weighted by Gasteiger charge is -2.36. The largest absolute Gasteiger partial charge is 0.338 e. The molecule has 0 aromatic heterocycles. The number of benzene rings is 1. The van der Waals surface area contributed by atoms with Crippen LogP contribution < -0.4 is 0 Å². The SMILES string of the molecule is CSC1(C#N)CCN(C(=O)c2ccc(C)cc2C)CC1. The lowest BCUT2D eigenvalue weighted by atomic mass is 9.96. The van der Waals surface area contributed by atoms with Gasteiger partial charge < -0.3 is 4.90 Å². The van der Waals surface area contributed by atoms with Gasteiger partial charge in [0.1, 0.15) is 4.75 Å². The quantitative estimate of drug-likeness (QED) is 0.839. The Labute approximate surface area is 125 Å². The van der Waals surface area contributed by atoms with Gasteiger partial charge in [0.25, 0.3) is 5.91 Å². The van der Waals surface area contributed by atoms with Crippen molar-refractivity contribution in [3.63, 3.8) is 0 Å². The fourth-order valence-corrected chi connectivity index (χ4v) is 3.34. The van der Waals surface area contributed by atoms with Crippen molar-refractivity contribution in [2.45, 2.75) is 31.4 Å². The van der Waals surface area contributed by atoms with E-state index in [0.717, 1.165) is 24.0 Å². The van der Waals surface area contributed by atoms with Crippen LogP contribution in [0.3, 0.4) is 0 Å². The van der Waals surface area contributed by atoms with Gasteiger partial charge >= 0.3 is 0 Å². The number of likely N-dealkylation sites (tertiary alicyclic amines) is 1. The van der Waals surface area contributed by atoms with Crippen LogP contribution >= 0.6 is 11.8 Å². The van der Waals surface area contributed by atoms with Crippen LogP contribution in [0, 0.1) is 25.2 Å². The average molecular weight is 288 g/mol. The minimum atomic E-state index is -0.306. The lowest BCUT2D eigenvalue weighted by Crippen LogP contribution is -2.44. The molecule has 1 fully saturated rings. The monoisotopic (exact) mass is 288 g/mol. The molecule has 0 saturated carbocycles. The standard InChI is InChI=1S/C16H20N2OS/c1-12-4-5-14(13(2)10-12)15(19)18-8-6-16(11-17,20-3)7-9-18/h4-5,10H,6-9H2,1-3H3. The molecule has 0 unspecified atom stereocenters. The number of hydrogen-bond donors (Lipinski definition) is 0. The zero-order valence-electron chi connectivity index (χ0n) is 12.3. The third-order valence-electron chi connectivity index (χ3n) is 4.07. The third kappa shape index (κ3) is 2.83. The summed E-state index contributed by atoms with van der Waals surface area (Å²) in [7, 11) is 0. The first-order valence-electron chi connectivity index (χ1n) is 6.84. The molecule has 20 heavy (non-hydrogen) atoms. The molecule has 0 radical (unpaired) electrons. The molecule has 2 rings (SSSR count). The van der Waals surface area contributed by atoms with Crippen LogP contribution in [0.2, 0.25) is 0 Å². The van der Waals surface area contributed by atoms with Crippen LogP contribution in [0.15, 0.2) is 18.2 Å². The second-order valence-corrected chi connectivity index (χ2v) is 6.61. The maximum absolute atomic E-state index is 12.6. The highest BCUT2D eigenvalue weighted by Gasteiger charge is 2.35. The minimum Gasteiger partial charge on any atom is -0.338 e. The molecule has 3 nitrogen and oxygen atoms in total. The summed E-state index contributed by atoms with van der Waals surface area (Å²) in [6, 6.07) is 8.34. The van der Waals surface area contributed by atoms with Gasteiger partial charge in [0.05, 0.1) is 6.07 Å². The van der Waals surface area contributed by atoms with Crippen LogP contribution in [-0.2, 0) is 0 Å². The highest BCUT2D eigenvalue weighted by Crippen LogP contribution is 2.34. The van der Waals surface area contributed by atoms with E-state index >= 15 is 0 Å². The Balaban J connectivity index is 2.11. The molecule has 1 aromatic rings. The number of carbonyl (C=O) groups excluding carboxylic acids is 1. The Kier molecular flexibility index (Phi) is 4.39. The van der Waals surface area contributed by atoms with Crippen molar-refractivity contribution < 1.29 is 4.79 Å². The Bertz CT molecular complexity index is 554. The molecule has 0 bridgehead atoms. The van der Waals surface area contributed by atoms with Crippen LogP contribution in [0.4, 0.5) is 0 Å². The normalized spacial score (nSPS) is 17.6. The second kappa shape index (κ2) is 5.88. The first kappa shape index (κ1) is 14.9. The Hall–Kier alpha value is -1.47. The molecular formula is C16H20N2OS. The molecule has 106 valence electrons. The summed E-state index contributed by atoms with van der Waals surface area (Å²) in [6.45, 7) is 5.34. The zero-order valence-corrected chi connectivity index (χ0v) is 13.1. The van der Waals surface area contributed by atoms with E-state index < -0.39 is 0 Å². The predicted octanol–water partition coefficient (Wildman–Crippen LogP) is 3.16. The summed E-state index contributed by atoms with van der Waals surface area (Å²) in [5.41, 5.74) is 2.98. The second-order valence-electron chi connectivity index (χ2n) is 5.42. The lowest BCUT2D eigenvalue weighted by molar-refractivity contribution is 0.0716. The molecule has 1 aromatic carbocycles. The van der Waals surface area contributed by atoms with Crippen LogP contribution in [0.25, 0.3) is 0 Å². The number of hydrogen-bond acceptors (Lipinski definition) is 3. The van der Waals surface area contributed by atoms with E-state index in [1.165, 1.54) is 5.56 Å². The molecule has 0 N–H and O–H groups in total. The van der Waals surface area contributed by atoms with Crippen molar-refractivity contribution in [1.82, 2.24) is 4.90 Å². The van der Waals surface area contributed by atoms with Crippen molar-refractivity contribution in [2.75, 3.05) is 19.3 Å². The van der Waals surface area contributed by atoms with Gasteiger partial charge in [0.2, 0.25) is 0 Å². The molecule has 1 aliphatic heterocycles. The number of rotatable bonds is 2. The van der Waals surface area contributed by atoms with Crippen molar-refractivity contribution in [2.24, 2.45) is 0 Å². The van der Waals surface area contributed by atoms with Gasteiger partial charge in [-0.05, 0) is 44.6 Å². The van der Waals surface area contributed by atoms with Crippen molar-refractivity contribution >= 4 is 17.7 Å². The van der Waals surface area contributed by atoms with Crippen molar-refractivity contribution in [1.29, 1.82) is 5.26 Å². The van der Waals surface area contributed by atoms with E-state index in [1.807, 2.05) is 43.2 Å². The Morgan fingerprint density at radius 3 is 2.50 bits per heavy atom. The first-order valence-corrected chi connectivity index (χ1v) is 8.07. The molecule has 1 saturated heterocycles. The fourth-order valence-electron chi connectivity index (χ4n) is 2.66. The van der Waals surface area contributed by atoms with Gasteiger partial charge in [-0.1, -0.05) is 17.7 Å². The molecular weight excluding hydrogens is 268 g/mol. The van der Waals surface area contributed by atoms with E-state index in [1.54, 1.807) is 11.8 Å². The topological polar surface area (TPSA) is 44.1 Å². The van der Waals surface area contributed by atoms with Gasteiger partial charge in [0.15, 0.2) is 0 Å². The number of thioether (sulfide) groups is 1. The van der Waals surface area contributed by atoms with Gasteiger partial charge in [0, 0.05) is 18.7 Å². The highest BCUT2D eigenvalue weighted by atomic mass is 32.2. The van der Waals surface area contributed by atoms with Crippen LogP contribution in [0.1, 0.15) is 34.3 Å². The van der Waals surface area contributed by atoms with E-state index in [-0.39, 0.29) is 10.7 Å². The maximum atomic E-state index is 12.6. The maximum Gasteiger partial charge on any atom is 0.254 e. The summed E-state index contributed by atoms with van der Waals surface area (Å²) in [5.74, 6) is 0.0927. The highest BCUT2D eigenvalue weighted by molar-refractivity contribution is 8.00. The van der Waals surface area contributed by atoms with Gasteiger partial charge in [-0.15, -0.1) is 11.8 Å². The number of amides is 1. The number of piperidine rings is 1. The molecule has 1 aliphatic rings. The minimum absolute atomic E-state index is 0.0927. The number of aryl methyl sites for hydroxylation is 2. The Morgan fingerprint density at radius 2 is 2.00 bits per heavy atom. The fraction of sp³-hybridized carbons (Fsp3) is 0.500. The molecule has 0 spiro atoms. The van der Waals surface area contributed by atoms with Gasteiger partial charge in [-0.3, -0.25) is 4.79 Å². The predicted molar refractivity (Wildman–Crippen MR) is 82.9 cm³/mol. The molecule has 1 heterocycles. The van der Waals surface area contributed by atoms with Gasteiger partial charge in [-0.25, -0.2) is 0 Å². The molecule has 0 aliphatic carbocycles. The number of nitriles is 1. The molecule has 0 atom stereocenters. The first-order chi connectivity index (χ1) is 9.51. The van der Waals surface area contributed by atoms with Crippen molar-refractivity contribution in [3.05, 3.63) is 34.9 Å². The summed E-state index contributed by atoms with van der Waals surface area (Å²) in [5, 5.41) is 9.28. The zero-order chi connectivity index (χ0) is 14.8. The van der Waals surface area contributed by atoms with E-state index in [9.17, 15) is 10.1 Å². The third-order valence-corrected chi connectivity index (χ3v) is 5.35. The average Bonchev–Trinajstić information content (AvgIpc) is 2.47. The van der Waals surface area contributed by atoms with Crippen LogP contribution in [-0.4, -0.2) is 34.9 Å². The van der Waals surface area contributed by atoms with E-state index in [0.29, 0.717) is 13.1 Å². The molecule has 4 heteroatoms. The van der Waals surface area contributed by atoms with E-state index in [2.05, 4.69) is 6.07 Å². The smallest absolute Gasteiger partial charge is 0.254 e. The summed E-state index contributed by atoms with van der Waals surface area (Å²) < 4.78 is -0.306. The van der Waals surface area contributed by atoms with Gasteiger partial charge in [-0.2, -0.15) is 5.26 Å². The number of carbonyl (C=O) groups is 1.